The number of carbonyl (C=O) groups excluding carboxylic acids is 2. The fourth-order valence-corrected chi connectivity index (χ4v) is 3.35. The maximum absolute atomic E-state index is 12.9. The lowest BCUT2D eigenvalue weighted by atomic mass is 9.95. The van der Waals surface area contributed by atoms with Crippen LogP contribution >= 0.6 is 15.9 Å². The second-order valence-corrected chi connectivity index (χ2v) is 6.71. The van der Waals surface area contributed by atoms with Crippen molar-refractivity contribution in [1.82, 2.24) is 10.6 Å². The lowest BCUT2D eigenvalue weighted by molar-refractivity contribution is -0.384. The maximum atomic E-state index is 12.9. The number of benzene rings is 2. The molecule has 138 valence electrons. The van der Waals surface area contributed by atoms with E-state index in [1.54, 1.807) is 25.1 Å². The van der Waals surface area contributed by atoms with Crippen LogP contribution in [-0.4, -0.2) is 16.9 Å². The van der Waals surface area contributed by atoms with E-state index in [2.05, 4.69) is 31.9 Å². The van der Waals surface area contributed by atoms with E-state index < -0.39 is 22.9 Å². The number of nitro benzene ring substituents is 1. The van der Waals surface area contributed by atoms with E-state index in [9.17, 15) is 19.7 Å². The van der Waals surface area contributed by atoms with Gasteiger partial charge in [-0.2, -0.15) is 0 Å². The summed E-state index contributed by atoms with van der Waals surface area (Å²) in [6.07, 6.45) is 0. The second-order valence-electron chi connectivity index (χ2n) is 5.85. The fraction of sp³-hybridized carbons (Fsp3) is 0.111. The number of hydrogen-bond acceptors (Lipinski definition) is 4. The summed E-state index contributed by atoms with van der Waals surface area (Å²) < 4.78 is 0.741. The lowest BCUT2D eigenvalue weighted by Gasteiger charge is -2.29. The third kappa shape index (κ3) is 3.98. The summed E-state index contributed by atoms with van der Waals surface area (Å²) in [4.78, 5) is 35.2. The standard InChI is InChI=1S/C18H15BrN4O4/c1-10-15(17(24)21-11-5-4-6-12(9-11)23(26)27)16(22-18(25)20-10)13-7-2-3-8-14(13)19/h2-9,16H,1H3,(H,21,24)(H2,20,22,25). The first-order chi connectivity index (χ1) is 12.9. The van der Waals surface area contributed by atoms with Crippen LogP contribution in [0.3, 0.4) is 0 Å². The van der Waals surface area contributed by atoms with Gasteiger partial charge < -0.3 is 16.0 Å². The number of nitrogens with one attached hydrogen (secondary N) is 3. The molecule has 1 aliphatic rings. The summed E-state index contributed by atoms with van der Waals surface area (Å²) in [6.45, 7) is 1.63. The average Bonchev–Trinajstić information content (AvgIpc) is 2.61. The molecular formula is C18H15BrN4O4. The number of anilines is 1. The Morgan fingerprint density at radius 3 is 2.67 bits per heavy atom. The van der Waals surface area contributed by atoms with Crippen LogP contribution in [0, 0.1) is 10.1 Å². The monoisotopic (exact) mass is 430 g/mol. The number of non-ortho nitro benzene ring substituents is 1. The number of rotatable bonds is 4. The van der Waals surface area contributed by atoms with Gasteiger partial charge in [-0.05, 0) is 24.6 Å². The minimum atomic E-state index is -0.673. The fourth-order valence-electron chi connectivity index (χ4n) is 2.83. The van der Waals surface area contributed by atoms with E-state index in [1.807, 2.05) is 12.1 Å². The topological polar surface area (TPSA) is 113 Å². The van der Waals surface area contributed by atoms with E-state index >= 15 is 0 Å². The van der Waals surface area contributed by atoms with Crippen molar-refractivity contribution in [2.75, 3.05) is 5.32 Å². The van der Waals surface area contributed by atoms with Gasteiger partial charge in [0.2, 0.25) is 0 Å². The highest BCUT2D eigenvalue weighted by molar-refractivity contribution is 9.10. The quantitative estimate of drug-likeness (QED) is 0.507. The van der Waals surface area contributed by atoms with Gasteiger partial charge in [0, 0.05) is 28.0 Å². The third-order valence-corrected chi connectivity index (χ3v) is 4.77. The third-order valence-electron chi connectivity index (χ3n) is 4.04. The van der Waals surface area contributed by atoms with Gasteiger partial charge in [-0.1, -0.05) is 40.2 Å². The number of nitrogens with zero attached hydrogens (tertiary/aromatic N) is 1. The van der Waals surface area contributed by atoms with Crippen molar-refractivity contribution in [2.45, 2.75) is 13.0 Å². The molecule has 3 N–H and O–H groups in total. The Hall–Kier alpha value is -3.20. The highest BCUT2D eigenvalue weighted by atomic mass is 79.9. The molecule has 0 aliphatic carbocycles. The van der Waals surface area contributed by atoms with Gasteiger partial charge in [-0.15, -0.1) is 0 Å². The van der Waals surface area contributed by atoms with Crippen molar-refractivity contribution in [2.24, 2.45) is 0 Å². The van der Waals surface area contributed by atoms with Crippen molar-refractivity contribution >= 4 is 39.2 Å². The molecule has 0 radical (unpaired) electrons. The molecule has 27 heavy (non-hydrogen) atoms. The van der Waals surface area contributed by atoms with Crippen LogP contribution in [0.1, 0.15) is 18.5 Å². The second kappa shape index (κ2) is 7.58. The maximum Gasteiger partial charge on any atom is 0.319 e. The summed E-state index contributed by atoms with van der Waals surface area (Å²) in [5, 5.41) is 18.9. The largest absolute Gasteiger partial charge is 0.327 e. The van der Waals surface area contributed by atoms with Crippen molar-refractivity contribution in [3.63, 3.8) is 0 Å². The number of halogens is 1. The molecule has 2 aromatic rings. The first-order valence-electron chi connectivity index (χ1n) is 7.95. The summed E-state index contributed by atoms with van der Waals surface area (Å²) in [7, 11) is 0. The molecule has 0 saturated heterocycles. The molecule has 0 aromatic heterocycles. The first-order valence-corrected chi connectivity index (χ1v) is 8.74. The zero-order valence-corrected chi connectivity index (χ0v) is 15.7. The summed E-state index contributed by atoms with van der Waals surface area (Å²) in [6, 6.07) is 11.8. The Bertz CT molecular complexity index is 973. The molecule has 2 aromatic carbocycles. The summed E-state index contributed by atoms with van der Waals surface area (Å²) in [5.41, 5.74) is 1.60. The molecule has 3 amide bonds. The molecular weight excluding hydrogens is 416 g/mol. The van der Waals surface area contributed by atoms with E-state index in [1.165, 1.54) is 18.2 Å². The Kier molecular flexibility index (Phi) is 5.22. The number of urea groups is 1. The smallest absolute Gasteiger partial charge is 0.319 e. The summed E-state index contributed by atoms with van der Waals surface area (Å²) >= 11 is 3.44. The minimum absolute atomic E-state index is 0.129. The van der Waals surface area contributed by atoms with Crippen LogP contribution in [0.4, 0.5) is 16.2 Å². The van der Waals surface area contributed by atoms with Crippen molar-refractivity contribution in [3.05, 3.63) is 80.0 Å². The van der Waals surface area contributed by atoms with E-state index in [-0.39, 0.29) is 11.4 Å². The zero-order chi connectivity index (χ0) is 19.6. The molecule has 1 heterocycles. The molecule has 1 atom stereocenters. The van der Waals surface area contributed by atoms with Gasteiger partial charge in [-0.25, -0.2) is 4.79 Å². The Morgan fingerprint density at radius 1 is 1.22 bits per heavy atom. The van der Waals surface area contributed by atoms with Crippen LogP contribution in [0.15, 0.2) is 64.3 Å². The Balaban J connectivity index is 1.96. The van der Waals surface area contributed by atoms with Gasteiger partial charge in [0.25, 0.3) is 11.6 Å². The molecule has 0 saturated carbocycles. The van der Waals surface area contributed by atoms with E-state index in [4.69, 9.17) is 0 Å². The predicted molar refractivity (Wildman–Crippen MR) is 103 cm³/mol. The molecule has 9 heteroatoms. The van der Waals surface area contributed by atoms with Crippen molar-refractivity contribution in [1.29, 1.82) is 0 Å². The normalized spacial score (nSPS) is 16.4. The predicted octanol–water partition coefficient (Wildman–Crippen LogP) is 3.62. The van der Waals surface area contributed by atoms with Gasteiger partial charge >= 0.3 is 6.03 Å². The number of nitro groups is 1. The lowest BCUT2D eigenvalue weighted by Crippen LogP contribution is -2.46. The van der Waals surface area contributed by atoms with Crippen molar-refractivity contribution < 1.29 is 14.5 Å². The number of allylic oxidation sites excluding steroid dienone is 1. The molecule has 3 rings (SSSR count). The Morgan fingerprint density at radius 2 is 1.96 bits per heavy atom. The van der Waals surface area contributed by atoms with Gasteiger partial charge in [0.05, 0.1) is 16.5 Å². The van der Waals surface area contributed by atoms with Crippen molar-refractivity contribution in [3.8, 4) is 0 Å². The molecule has 8 nitrogen and oxygen atoms in total. The number of amides is 3. The van der Waals surface area contributed by atoms with Gasteiger partial charge in [0.15, 0.2) is 0 Å². The SMILES string of the molecule is CC1=C(C(=O)Nc2cccc([N+](=O)[O-])c2)C(c2ccccc2Br)NC(=O)N1. The van der Waals surface area contributed by atoms with Gasteiger partial charge in [0.1, 0.15) is 0 Å². The highest BCUT2D eigenvalue weighted by Gasteiger charge is 2.32. The highest BCUT2D eigenvalue weighted by Crippen LogP contribution is 2.32. The van der Waals surface area contributed by atoms with Crippen LogP contribution < -0.4 is 16.0 Å². The zero-order valence-electron chi connectivity index (χ0n) is 14.2. The molecule has 0 spiro atoms. The van der Waals surface area contributed by atoms with Crippen LogP contribution in [0.25, 0.3) is 0 Å². The first kappa shape index (κ1) is 18.6. The number of hydrogen-bond donors (Lipinski definition) is 3. The van der Waals surface area contributed by atoms with Gasteiger partial charge in [-0.3, -0.25) is 14.9 Å². The average molecular weight is 431 g/mol. The molecule has 0 bridgehead atoms. The molecule has 1 unspecified atom stereocenters. The number of carbonyl (C=O) groups is 2. The van der Waals surface area contributed by atoms with E-state index in [0.717, 1.165) is 10.0 Å². The van der Waals surface area contributed by atoms with Crippen LogP contribution in [0.5, 0.6) is 0 Å². The summed E-state index contributed by atoms with van der Waals surface area (Å²) in [5.74, 6) is -0.471. The van der Waals surface area contributed by atoms with Crippen LogP contribution in [-0.2, 0) is 4.79 Å². The minimum Gasteiger partial charge on any atom is -0.327 e. The Labute approximate surface area is 162 Å². The molecule has 1 aliphatic heterocycles. The van der Waals surface area contributed by atoms with Crippen LogP contribution in [0.2, 0.25) is 0 Å². The molecule has 0 fully saturated rings. The van der Waals surface area contributed by atoms with E-state index in [0.29, 0.717) is 11.3 Å².